The summed E-state index contributed by atoms with van der Waals surface area (Å²) in [5.74, 6) is 0. The molecular formula is C74H40N4OS2. The number of rotatable bonds is 6. The van der Waals surface area contributed by atoms with Gasteiger partial charge in [0.2, 0.25) is 0 Å². The lowest BCUT2D eigenvalue weighted by atomic mass is 9.86. The Bertz CT molecular complexity index is 5610. The van der Waals surface area contributed by atoms with E-state index < -0.39 is 0 Å². The number of aromatic nitrogens is 2. The van der Waals surface area contributed by atoms with Crippen molar-refractivity contribution >= 4 is 129 Å². The largest absolute Gasteiger partial charge is 0.455 e. The average molecular weight is 1070 g/mol. The maximum atomic E-state index is 12.4. The summed E-state index contributed by atoms with van der Waals surface area (Å²) in [5.41, 5.74) is 15.1. The van der Waals surface area contributed by atoms with E-state index in [9.17, 15) is 10.5 Å². The van der Waals surface area contributed by atoms with Crippen molar-refractivity contribution in [2.24, 2.45) is 0 Å². The van der Waals surface area contributed by atoms with Crippen molar-refractivity contribution in [1.82, 2.24) is 9.13 Å². The lowest BCUT2D eigenvalue weighted by molar-refractivity contribution is 0.670. The number of furan rings is 1. The van der Waals surface area contributed by atoms with E-state index in [0.717, 1.165) is 125 Å². The molecule has 17 aromatic rings. The van der Waals surface area contributed by atoms with E-state index in [2.05, 4.69) is 215 Å². The molecular weight excluding hydrogens is 1020 g/mol. The van der Waals surface area contributed by atoms with Crippen LogP contribution < -0.4 is 0 Å². The van der Waals surface area contributed by atoms with Crippen LogP contribution in [0.2, 0.25) is 0 Å². The first kappa shape index (κ1) is 45.5. The molecule has 5 nitrogen and oxygen atoms in total. The van der Waals surface area contributed by atoms with Gasteiger partial charge in [-0.1, -0.05) is 206 Å². The molecule has 0 radical (unpaired) electrons. The number of nitrogens with zero attached hydrogens (tertiary/aromatic N) is 4. The average Bonchev–Trinajstić information content (AvgIpc) is 3.80. The second kappa shape index (κ2) is 17.5. The van der Waals surface area contributed by atoms with Gasteiger partial charge in [-0.2, -0.15) is 10.5 Å². The summed E-state index contributed by atoms with van der Waals surface area (Å²) in [5, 5.41) is 35.6. The quantitative estimate of drug-likeness (QED) is 0.167. The van der Waals surface area contributed by atoms with Crippen LogP contribution in [-0.4, -0.2) is 9.13 Å². The Hall–Kier alpha value is -10.5. The van der Waals surface area contributed by atoms with Gasteiger partial charge >= 0.3 is 0 Å². The summed E-state index contributed by atoms with van der Waals surface area (Å²) in [6.07, 6.45) is 0. The molecule has 0 unspecified atom stereocenters. The minimum atomic E-state index is 0.404. The zero-order valence-corrected chi connectivity index (χ0v) is 44.7. The van der Waals surface area contributed by atoms with Gasteiger partial charge in [0.15, 0.2) is 0 Å². The van der Waals surface area contributed by atoms with Crippen molar-refractivity contribution < 1.29 is 4.42 Å². The standard InChI is InChI=1S/C74H40N4OS2/c75-41-58-65(44-20-6-2-7-21-44)59(42-76)69(78-70-50(35-37-54-48-25-12-15-33-63(48)80-73(54)70)51-36-38-55-57-40-46(43-18-4-1-5-19-43)34-39-64(57)81-74(55)71(51)78)66(45-22-8-3-9-23-45)68(58)77-60-30-13-10-26-56(60)67-49(27-17-31-61(67)77)53-29-16-28-52-47-24-11-14-32-62(47)79-72(52)53/h1-40H. The van der Waals surface area contributed by atoms with Gasteiger partial charge in [0, 0.05) is 80.0 Å². The Labute approximate surface area is 471 Å². The first-order chi connectivity index (χ1) is 40.1. The van der Waals surface area contributed by atoms with Crippen LogP contribution in [0, 0.1) is 22.7 Å². The van der Waals surface area contributed by atoms with Crippen molar-refractivity contribution in [2.45, 2.75) is 0 Å². The van der Waals surface area contributed by atoms with E-state index in [1.807, 2.05) is 48.5 Å². The fourth-order valence-electron chi connectivity index (χ4n) is 13.2. The van der Waals surface area contributed by atoms with Crippen molar-refractivity contribution in [3.05, 3.63) is 254 Å². The highest BCUT2D eigenvalue weighted by atomic mass is 32.1. The van der Waals surface area contributed by atoms with Gasteiger partial charge in [0.25, 0.3) is 0 Å². The molecule has 5 aromatic heterocycles. The van der Waals surface area contributed by atoms with Crippen molar-refractivity contribution in [1.29, 1.82) is 10.5 Å². The number of hydrogen-bond donors (Lipinski definition) is 0. The van der Waals surface area contributed by atoms with Crippen molar-refractivity contribution in [3.63, 3.8) is 0 Å². The van der Waals surface area contributed by atoms with E-state index >= 15 is 0 Å². The number of para-hydroxylation sites is 3. The fraction of sp³-hybridized carbons (Fsp3) is 0. The molecule has 0 aliphatic rings. The van der Waals surface area contributed by atoms with Crippen LogP contribution in [0.3, 0.4) is 0 Å². The molecule has 0 atom stereocenters. The predicted molar refractivity (Wildman–Crippen MR) is 339 cm³/mol. The van der Waals surface area contributed by atoms with E-state index in [1.54, 1.807) is 22.7 Å². The lowest BCUT2D eigenvalue weighted by Crippen LogP contribution is -2.11. The van der Waals surface area contributed by atoms with Crippen LogP contribution in [-0.2, 0) is 0 Å². The van der Waals surface area contributed by atoms with Gasteiger partial charge in [-0.05, 0) is 64.2 Å². The van der Waals surface area contributed by atoms with Crippen LogP contribution in [0.1, 0.15) is 11.1 Å². The molecule has 0 fully saturated rings. The molecule has 0 aliphatic heterocycles. The van der Waals surface area contributed by atoms with Crippen LogP contribution in [0.25, 0.3) is 162 Å². The zero-order valence-electron chi connectivity index (χ0n) is 43.1. The number of fused-ring (bicyclic) bond motifs is 17. The van der Waals surface area contributed by atoms with Crippen molar-refractivity contribution in [3.8, 4) is 68.0 Å². The molecule has 12 aromatic carbocycles. The topological polar surface area (TPSA) is 70.6 Å². The van der Waals surface area contributed by atoms with Gasteiger partial charge in [-0.3, -0.25) is 0 Å². The molecule has 0 amide bonds. The maximum Gasteiger partial charge on any atom is 0.143 e. The van der Waals surface area contributed by atoms with Gasteiger partial charge in [0.05, 0.1) is 54.0 Å². The van der Waals surface area contributed by atoms with Gasteiger partial charge in [0.1, 0.15) is 23.3 Å². The molecule has 5 heterocycles. The Morgan fingerprint density at radius 1 is 0.346 bits per heavy atom. The zero-order chi connectivity index (χ0) is 53.4. The van der Waals surface area contributed by atoms with Crippen LogP contribution >= 0.6 is 22.7 Å². The maximum absolute atomic E-state index is 12.4. The third kappa shape index (κ3) is 6.45. The van der Waals surface area contributed by atoms with Crippen LogP contribution in [0.5, 0.6) is 0 Å². The Morgan fingerprint density at radius 2 is 0.864 bits per heavy atom. The SMILES string of the molecule is N#Cc1c(-c2ccccc2)c(C#N)c(-n2c3c(ccc4c5ccccc5sc43)c3ccc4c5cc(-c6ccccc6)ccc5sc4c32)c(-c2ccccc2)c1-n1c2ccccc2c2c(-c3cccc4c3oc3ccccc34)cccc21. The third-order valence-corrected chi connectivity index (χ3v) is 19.0. The molecule has 374 valence electrons. The van der Waals surface area contributed by atoms with Gasteiger partial charge < -0.3 is 13.6 Å². The molecule has 0 saturated heterocycles. The fourth-order valence-corrected chi connectivity index (χ4v) is 15.7. The second-order valence-electron chi connectivity index (χ2n) is 20.8. The monoisotopic (exact) mass is 1060 g/mol. The van der Waals surface area contributed by atoms with E-state index in [1.165, 1.54) is 20.2 Å². The minimum Gasteiger partial charge on any atom is -0.455 e. The molecule has 81 heavy (non-hydrogen) atoms. The molecule has 0 spiro atoms. The summed E-state index contributed by atoms with van der Waals surface area (Å²) < 4.78 is 16.1. The van der Waals surface area contributed by atoms with E-state index in [-0.39, 0.29) is 0 Å². The van der Waals surface area contributed by atoms with E-state index in [0.29, 0.717) is 28.1 Å². The smallest absolute Gasteiger partial charge is 0.143 e. The summed E-state index contributed by atoms with van der Waals surface area (Å²) in [4.78, 5) is 0. The van der Waals surface area contributed by atoms with Crippen LogP contribution in [0.15, 0.2) is 247 Å². The van der Waals surface area contributed by atoms with Crippen molar-refractivity contribution in [2.75, 3.05) is 0 Å². The highest BCUT2D eigenvalue weighted by Crippen LogP contribution is 2.53. The molecule has 0 bridgehead atoms. The molecule has 0 saturated carbocycles. The first-order valence-corrected chi connectivity index (χ1v) is 28.7. The Balaban J connectivity index is 1.10. The van der Waals surface area contributed by atoms with E-state index in [4.69, 9.17) is 4.42 Å². The molecule has 17 rings (SSSR count). The molecule has 0 aliphatic carbocycles. The minimum absolute atomic E-state index is 0.404. The Morgan fingerprint density at radius 3 is 1.57 bits per heavy atom. The number of nitriles is 2. The Kier molecular flexibility index (Phi) is 9.82. The van der Waals surface area contributed by atoms with Gasteiger partial charge in [-0.15, -0.1) is 22.7 Å². The number of benzene rings is 12. The third-order valence-electron chi connectivity index (χ3n) is 16.6. The normalized spacial score (nSPS) is 11.9. The molecule has 0 N–H and O–H groups in total. The highest BCUT2D eigenvalue weighted by molar-refractivity contribution is 7.27. The summed E-state index contributed by atoms with van der Waals surface area (Å²) in [6, 6.07) is 91.1. The summed E-state index contributed by atoms with van der Waals surface area (Å²) >= 11 is 3.58. The molecule has 7 heteroatoms. The lowest BCUT2D eigenvalue weighted by Gasteiger charge is -2.25. The summed E-state index contributed by atoms with van der Waals surface area (Å²) in [7, 11) is 0. The highest BCUT2D eigenvalue weighted by Gasteiger charge is 2.33. The second-order valence-corrected chi connectivity index (χ2v) is 22.9. The summed E-state index contributed by atoms with van der Waals surface area (Å²) in [6.45, 7) is 0. The van der Waals surface area contributed by atoms with Crippen LogP contribution in [0.4, 0.5) is 0 Å². The number of thiophene rings is 2. The predicted octanol–water partition coefficient (Wildman–Crippen LogP) is 20.9. The van der Waals surface area contributed by atoms with Gasteiger partial charge in [-0.25, -0.2) is 0 Å². The number of hydrogen-bond acceptors (Lipinski definition) is 5. The first-order valence-electron chi connectivity index (χ1n) is 27.0.